The minimum absolute atomic E-state index is 0.167. The number of ether oxygens (including phenoxy) is 1. The number of para-hydroxylation sites is 1. The summed E-state index contributed by atoms with van der Waals surface area (Å²) in [5, 5.41) is 5.61. The summed E-state index contributed by atoms with van der Waals surface area (Å²) >= 11 is 0. The van der Waals surface area contributed by atoms with Crippen molar-refractivity contribution in [1.29, 1.82) is 0 Å². The van der Waals surface area contributed by atoms with Crippen molar-refractivity contribution in [3.8, 4) is 0 Å². The second kappa shape index (κ2) is 8.56. The van der Waals surface area contributed by atoms with E-state index in [-0.39, 0.29) is 24.2 Å². The minimum Gasteiger partial charge on any atom is -0.466 e. The Morgan fingerprint density at radius 1 is 1.25 bits per heavy atom. The van der Waals surface area contributed by atoms with Crippen molar-refractivity contribution in [3.05, 3.63) is 52.8 Å². The lowest BCUT2D eigenvalue weighted by atomic mass is 10.1. The Morgan fingerprint density at radius 2 is 2.04 bits per heavy atom. The molecule has 0 saturated carbocycles. The second-order valence-corrected chi connectivity index (χ2v) is 6.50. The number of amides is 2. The van der Waals surface area contributed by atoms with Crippen LogP contribution in [0.4, 0.5) is 5.69 Å². The molecule has 1 aliphatic heterocycles. The third-order valence-corrected chi connectivity index (χ3v) is 4.45. The van der Waals surface area contributed by atoms with Crippen molar-refractivity contribution >= 4 is 35.1 Å². The Kier molecular flexibility index (Phi) is 5.93. The number of hydrogen-bond donors (Lipinski definition) is 3. The Labute approximate surface area is 163 Å². The molecule has 1 aromatic heterocycles. The quantitative estimate of drug-likeness (QED) is 0.390. The highest BCUT2D eigenvalue weighted by Gasteiger charge is 2.24. The van der Waals surface area contributed by atoms with Gasteiger partial charge in [-0.1, -0.05) is 18.2 Å². The molecule has 2 amide bonds. The fourth-order valence-electron chi connectivity index (χ4n) is 3.04. The molecule has 3 N–H and O–H groups in total. The zero-order valence-corrected chi connectivity index (χ0v) is 15.9. The van der Waals surface area contributed by atoms with E-state index < -0.39 is 0 Å². The van der Waals surface area contributed by atoms with Gasteiger partial charge in [0.1, 0.15) is 5.69 Å². The van der Waals surface area contributed by atoms with E-state index in [0.717, 1.165) is 16.8 Å². The SMILES string of the molecule is CCOC(=O)CCCNC(=O)c1cc(C)c(C=C2C(=O)Nc3ccccc32)[nH]1. The van der Waals surface area contributed by atoms with E-state index in [9.17, 15) is 14.4 Å². The molecule has 7 heteroatoms. The molecule has 1 aliphatic rings. The zero-order valence-electron chi connectivity index (χ0n) is 15.9. The van der Waals surface area contributed by atoms with E-state index in [1.807, 2.05) is 31.2 Å². The first-order valence-corrected chi connectivity index (χ1v) is 9.25. The van der Waals surface area contributed by atoms with Crippen LogP contribution in [0.25, 0.3) is 11.6 Å². The molecule has 0 unspecified atom stereocenters. The molecule has 3 rings (SSSR count). The molecule has 0 aliphatic carbocycles. The van der Waals surface area contributed by atoms with Gasteiger partial charge in [0.05, 0.1) is 12.2 Å². The average Bonchev–Trinajstić information content (AvgIpc) is 3.19. The Bertz CT molecular complexity index is 943. The first-order valence-electron chi connectivity index (χ1n) is 9.25. The minimum atomic E-state index is -0.267. The molecule has 7 nitrogen and oxygen atoms in total. The van der Waals surface area contributed by atoms with Crippen molar-refractivity contribution in [2.45, 2.75) is 26.7 Å². The van der Waals surface area contributed by atoms with E-state index in [1.54, 1.807) is 19.1 Å². The summed E-state index contributed by atoms with van der Waals surface area (Å²) in [6.45, 7) is 4.36. The lowest BCUT2D eigenvalue weighted by Crippen LogP contribution is -2.25. The standard InChI is InChI=1S/C21H23N3O4/c1-3-28-19(25)9-6-10-22-21(27)18-11-13(2)17(23-18)12-15-14-7-4-5-8-16(14)24-20(15)26/h4-5,7-8,11-12,23H,3,6,9-10H2,1-2H3,(H,22,27)(H,24,26). The molecular formula is C21H23N3O4. The molecule has 0 atom stereocenters. The molecule has 0 bridgehead atoms. The molecule has 2 heterocycles. The predicted octanol–water partition coefficient (Wildman–Crippen LogP) is 2.89. The van der Waals surface area contributed by atoms with E-state index in [0.29, 0.717) is 36.5 Å². The number of H-pyrrole nitrogens is 1. The fraction of sp³-hybridized carbons (Fsp3) is 0.286. The van der Waals surface area contributed by atoms with Crippen LogP contribution in [-0.2, 0) is 14.3 Å². The summed E-state index contributed by atoms with van der Waals surface area (Å²) in [6.07, 6.45) is 2.54. The number of rotatable bonds is 7. The maximum absolute atomic E-state index is 12.3. The number of benzene rings is 1. The summed E-state index contributed by atoms with van der Waals surface area (Å²) in [6, 6.07) is 9.22. The predicted molar refractivity (Wildman–Crippen MR) is 107 cm³/mol. The van der Waals surface area contributed by atoms with Crippen LogP contribution in [0, 0.1) is 6.92 Å². The summed E-state index contributed by atoms with van der Waals surface area (Å²) < 4.78 is 4.85. The number of nitrogens with one attached hydrogen (secondary N) is 3. The van der Waals surface area contributed by atoms with Gasteiger partial charge in [0.25, 0.3) is 11.8 Å². The second-order valence-electron chi connectivity index (χ2n) is 6.50. The highest BCUT2D eigenvalue weighted by atomic mass is 16.5. The Hall–Kier alpha value is -3.35. The molecule has 1 aromatic carbocycles. The Morgan fingerprint density at radius 3 is 2.82 bits per heavy atom. The lowest BCUT2D eigenvalue weighted by molar-refractivity contribution is -0.143. The summed E-state index contributed by atoms with van der Waals surface area (Å²) in [5.41, 5.74) is 4.16. The van der Waals surface area contributed by atoms with E-state index >= 15 is 0 Å². The van der Waals surface area contributed by atoms with Crippen molar-refractivity contribution in [2.75, 3.05) is 18.5 Å². The topological polar surface area (TPSA) is 100 Å². The number of aryl methyl sites for hydroxylation is 1. The largest absolute Gasteiger partial charge is 0.466 e. The highest BCUT2D eigenvalue weighted by Crippen LogP contribution is 2.33. The molecular weight excluding hydrogens is 358 g/mol. The van der Waals surface area contributed by atoms with Crippen LogP contribution in [0.15, 0.2) is 30.3 Å². The van der Waals surface area contributed by atoms with Gasteiger partial charge in [-0.25, -0.2) is 0 Å². The number of fused-ring (bicyclic) bond motifs is 1. The van der Waals surface area contributed by atoms with Crippen molar-refractivity contribution < 1.29 is 19.1 Å². The third kappa shape index (κ3) is 4.31. The first kappa shape index (κ1) is 19.4. The molecule has 0 spiro atoms. The Balaban J connectivity index is 1.66. The molecule has 0 radical (unpaired) electrons. The maximum Gasteiger partial charge on any atom is 0.305 e. The molecule has 0 fully saturated rings. The van der Waals surface area contributed by atoms with Crippen LogP contribution in [0.5, 0.6) is 0 Å². The number of hydrogen-bond acceptors (Lipinski definition) is 4. The summed E-state index contributed by atoms with van der Waals surface area (Å²) in [4.78, 5) is 38.9. The van der Waals surface area contributed by atoms with Gasteiger partial charge in [0.2, 0.25) is 0 Å². The smallest absolute Gasteiger partial charge is 0.305 e. The zero-order chi connectivity index (χ0) is 20.1. The average molecular weight is 381 g/mol. The van der Waals surface area contributed by atoms with E-state index in [1.165, 1.54) is 0 Å². The molecule has 28 heavy (non-hydrogen) atoms. The fourth-order valence-corrected chi connectivity index (χ4v) is 3.04. The first-order chi connectivity index (χ1) is 13.5. The highest BCUT2D eigenvalue weighted by molar-refractivity contribution is 6.34. The lowest BCUT2D eigenvalue weighted by Gasteiger charge is -2.04. The van der Waals surface area contributed by atoms with Gasteiger partial charge in [0, 0.05) is 29.9 Å². The van der Waals surface area contributed by atoms with Gasteiger partial charge < -0.3 is 20.4 Å². The normalized spacial score (nSPS) is 13.9. The molecule has 2 aromatic rings. The van der Waals surface area contributed by atoms with E-state index in [2.05, 4.69) is 15.6 Å². The summed E-state index contributed by atoms with van der Waals surface area (Å²) in [5.74, 6) is -0.690. The van der Waals surface area contributed by atoms with Crippen LogP contribution in [0.3, 0.4) is 0 Å². The molecule has 0 saturated heterocycles. The van der Waals surface area contributed by atoms with Crippen LogP contribution in [-0.4, -0.2) is 35.9 Å². The number of esters is 1. The van der Waals surface area contributed by atoms with Crippen molar-refractivity contribution in [3.63, 3.8) is 0 Å². The van der Waals surface area contributed by atoms with Crippen molar-refractivity contribution in [2.24, 2.45) is 0 Å². The van der Waals surface area contributed by atoms with Gasteiger partial charge in [0.15, 0.2) is 0 Å². The summed E-state index contributed by atoms with van der Waals surface area (Å²) in [7, 11) is 0. The number of aromatic amines is 1. The van der Waals surface area contributed by atoms with Crippen LogP contribution in [0.2, 0.25) is 0 Å². The van der Waals surface area contributed by atoms with E-state index in [4.69, 9.17) is 4.74 Å². The van der Waals surface area contributed by atoms with Gasteiger partial charge >= 0.3 is 5.97 Å². The molecule has 146 valence electrons. The van der Waals surface area contributed by atoms with Crippen LogP contribution < -0.4 is 10.6 Å². The van der Waals surface area contributed by atoms with Gasteiger partial charge in [-0.3, -0.25) is 14.4 Å². The van der Waals surface area contributed by atoms with Gasteiger partial charge in [-0.15, -0.1) is 0 Å². The number of carbonyl (C=O) groups is 3. The number of aromatic nitrogens is 1. The number of anilines is 1. The van der Waals surface area contributed by atoms with Crippen LogP contribution in [0.1, 0.15) is 47.1 Å². The maximum atomic E-state index is 12.3. The van der Waals surface area contributed by atoms with Gasteiger partial charge in [-0.2, -0.15) is 0 Å². The van der Waals surface area contributed by atoms with Gasteiger partial charge in [-0.05, 0) is 44.0 Å². The van der Waals surface area contributed by atoms with Crippen LogP contribution >= 0.6 is 0 Å². The monoisotopic (exact) mass is 381 g/mol. The van der Waals surface area contributed by atoms with Crippen molar-refractivity contribution in [1.82, 2.24) is 10.3 Å². The number of carbonyl (C=O) groups excluding carboxylic acids is 3. The third-order valence-electron chi connectivity index (χ3n) is 4.45.